The maximum atomic E-state index is 12.8. The predicted molar refractivity (Wildman–Crippen MR) is 114 cm³/mol. The smallest absolute Gasteiger partial charge is 0.310 e. The zero-order valence-corrected chi connectivity index (χ0v) is 17.8. The van der Waals surface area contributed by atoms with Gasteiger partial charge in [0.25, 0.3) is 0 Å². The molecule has 0 amide bonds. The van der Waals surface area contributed by atoms with E-state index < -0.39 is 0 Å². The molecule has 0 aromatic carbocycles. The average Bonchev–Trinajstić information content (AvgIpc) is 3.01. The van der Waals surface area contributed by atoms with E-state index in [1.54, 1.807) is 11.1 Å². The number of hydrogen-bond donors (Lipinski definition) is 0. The lowest BCUT2D eigenvalue weighted by molar-refractivity contribution is -0.145. The van der Waals surface area contributed by atoms with Crippen LogP contribution in [0.1, 0.15) is 46.0 Å². The SMILES string of the molecule is CC1=C2C[C@@H]3[C@H](CN4CCN(c5ccccn5)CC4)C(=O)O[C@@H]3C[C@@]2(C)CCC1. The van der Waals surface area contributed by atoms with E-state index in [0.717, 1.165) is 51.4 Å². The van der Waals surface area contributed by atoms with E-state index in [1.807, 2.05) is 18.3 Å². The van der Waals surface area contributed by atoms with Crippen molar-refractivity contribution in [3.05, 3.63) is 35.5 Å². The molecule has 2 aliphatic heterocycles. The van der Waals surface area contributed by atoms with Crippen molar-refractivity contribution in [2.75, 3.05) is 37.6 Å². The third kappa shape index (κ3) is 3.48. The number of hydrogen-bond acceptors (Lipinski definition) is 5. The van der Waals surface area contributed by atoms with Gasteiger partial charge in [-0.15, -0.1) is 0 Å². The van der Waals surface area contributed by atoms with E-state index in [2.05, 4.69) is 34.7 Å². The van der Waals surface area contributed by atoms with E-state index in [-0.39, 0.29) is 23.4 Å². The Balaban J connectivity index is 1.25. The maximum absolute atomic E-state index is 12.8. The first-order valence-electron chi connectivity index (χ1n) is 11.3. The molecule has 0 spiro atoms. The van der Waals surface area contributed by atoms with Gasteiger partial charge < -0.3 is 9.64 Å². The number of fused-ring (bicyclic) bond motifs is 2. The molecular formula is C24H33N3O2. The van der Waals surface area contributed by atoms with Crippen LogP contribution in [0.3, 0.4) is 0 Å². The molecule has 29 heavy (non-hydrogen) atoms. The topological polar surface area (TPSA) is 45.7 Å². The van der Waals surface area contributed by atoms with Crippen molar-refractivity contribution in [3.8, 4) is 0 Å². The van der Waals surface area contributed by atoms with Crippen molar-refractivity contribution in [2.24, 2.45) is 17.3 Å². The van der Waals surface area contributed by atoms with E-state index in [4.69, 9.17) is 4.74 Å². The zero-order valence-electron chi connectivity index (χ0n) is 17.8. The second-order valence-corrected chi connectivity index (χ2v) is 9.80. The highest BCUT2D eigenvalue weighted by atomic mass is 16.6. The van der Waals surface area contributed by atoms with Crippen LogP contribution < -0.4 is 4.90 Å². The molecule has 5 heteroatoms. The summed E-state index contributed by atoms with van der Waals surface area (Å²) in [5.74, 6) is 1.51. The Bertz CT molecular complexity index is 800. The molecule has 2 saturated heterocycles. The average molecular weight is 396 g/mol. The number of allylic oxidation sites excluding steroid dienone is 2. The quantitative estimate of drug-likeness (QED) is 0.577. The molecule has 3 fully saturated rings. The molecule has 1 aromatic heterocycles. The molecule has 0 N–H and O–H groups in total. The molecule has 1 aromatic rings. The summed E-state index contributed by atoms with van der Waals surface area (Å²) >= 11 is 0. The van der Waals surface area contributed by atoms with Gasteiger partial charge in [-0.1, -0.05) is 24.1 Å². The Morgan fingerprint density at radius 3 is 2.83 bits per heavy atom. The summed E-state index contributed by atoms with van der Waals surface area (Å²) in [7, 11) is 0. The number of carbonyl (C=O) groups excluding carboxylic acids is 1. The molecule has 5 rings (SSSR count). The van der Waals surface area contributed by atoms with Crippen molar-refractivity contribution in [2.45, 2.75) is 52.1 Å². The number of anilines is 1. The number of pyridine rings is 1. The highest BCUT2D eigenvalue weighted by molar-refractivity contribution is 5.76. The number of aromatic nitrogens is 1. The Kier molecular flexibility index (Phi) is 4.89. The number of nitrogens with zero attached hydrogens (tertiary/aromatic N) is 3. The zero-order chi connectivity index (χ0) is 20.0. The van der Waals surface area contributed by atoms with Gasteiger partial charge in [0.2, 0.25) is 0 Å². The fraction of sp³-hybridized carbons (Fsp3) is 0.667. The third-order valence-corrected chi connectivity index (χ3v) is 7.98. The Labute approximate surface area is 174 Å². The summed E-state index contributed by atoms with van der Waals surface area (Å²) in [6.45, 7) is 9.47. The largest absolute Gasteiger partial charge is 0.462 e. The number of rotatable bonds is 3. The lowest BCUT2D eigenvalue weighted by atomic mass is 9.59. The summed E-state index contributed by atoms with van der Waals surface area (Å²) in [6, 6.07) is 6.08. The van der Waals surface area contributed by atoms with E-state index in [9.17, 15) is 4.79 Å². The van der Waals surface area contributed by atoms with Crippen molar-refractivity contribution in [3.63, 3.8) is 0 Å². The Morgan fingerprint density at radius 2 is 2.07 bits per heavy atom. The molecule has 3 heterocycles. The number of carbonyl (C=O) groups is 1. The van der Waals surface area contributed by atoms with E-state index in [1.165, 1.54) is 19.3 Å². The van der Waals surface area contributed by atoms with Gasteiger partial charge in [-0.3, -0.25) is 9.69 Å². The molecule has 1 saturated carbocycles. The van der Waals surface area contributed by atoms with Crippen molar-refractivity contribution < 1.29 is 9.53 Å². The number of piperazine rings is 1. The minimum absolute atomic E-state index is 0.0353. The fourth-order valence-corrected chi connectivity index (χ4v) is 6.30. The molecular weight excluding hydrogens is 362 g/mol. The summed E-state index contributed by atoms with van der Waals surface area (Å²) < 4.78 is 5.95. The normalized spacial score (nSPS) is 35.3. The molecule has 4 atom stereocenters. The van der Waals surface area contributed by atoms with E-state index in [0.29, 0.717) is 5.92 Å². The minimum atomic E-state index is 0.0353. The molecule has 5 nitrogen and oxygen atoms in total. The van der Waals surface area contributed by atoms with Crippen molar-refractivity contribution in [1.29, 1.82) is 0 Å². The van der Waals surface area contributed by atoms with Gasteiger partial charge in [-0.05, 0) is 56.6 Å². The summed E-state index contributed by atoms with van der Waals surface area (Å²) in [6.07, 6.45) is 7.84. The van der Waals surface area contributed by atoms with Crippen LogP contribution in [-0.4, -0.2) is 54.7 Å². The first-order valence-corrected chi connectivity index (χ1v) is 11.3. The fourth-order valence-electron chi connectivity index (χ4n) is 6.30. The molecule has 156 valence electrons. The Hall–Kier alpha value is -1.88. The van der Waals surface area contributed by atoms with Crippen LogP contribution in [-0.2, 0) is 9.53 Å². The molecule has 0 radical (unpaired) electrons. The highest BCUT2D eigenvalue weighted by Crippen LogP contribution is 2.55. The summed E-state index contributed by atoms with van der Waals surface area (Å²) in [5.41, 5.74) is 3.49. The lowest BCUT2D eigenvalue weighted by Crippen LogP contribution is -2.49. The monoisotopic (exact) mass is 395 g/mol. The molecule has 4 aliphatic rings. The molecule has 0 bridgehead atoms. The van der Waals surface area contributed by atoms with Gasteiger partial charge in [0.15, 0.2) is 0 Å². The van der Waals surface area contributed by atoms with Gasteiger partial charge in [0.1, 0.15) is 11.9 Å². The van der Waals surface area contributed by atoms with Gasteiger partial charge in [0.05, 0.1) is 5.92 Å². The van der Waals surface area contributed by atoms with Crippen molar-refractivity contribution in [1.82, 2.24) is 9.88 Å². The molecule has 2 aliphatic carbocycles. The van der Waals surface area contributed by atoms with Gasteiger partial charge in [-0.2, -0.15) is 0 Å². The van der Waals surface area contributed by atoms with Crippen LogP contribution in [0.4, 0.5) is 5.82 Å². The van der Waals surface area contributed by atoms with Crippen LogP contribution in [0.25, 0.3) is 0 Å². The summed E-state index contributed by atoms with van der Waals surface area (Å²) in [5, 5.41) is 0. The molecule has 0 unspecified atom stereocenters. The highest BCUT2D eigenvalue weighted by Gasteiger charge is 2.53. The van der Waals surface area contributed by atoms with Gasteiger partial charge >= 0.3 is 5.97 Å². The van der Waals surface area contributed by atoms with Gasteiger partial charge in [0, 0.05) is 44.8 Å². The van der Waals surface area contributed by atoms with Gasteiger partial charge in [-0.25, -0.2) is 4.98 Å². The minimum Gasteiger partial charge on any atom is -0.462 e. The second kappa shape index (κ2) is 7.42. The third-order valence-electron chi connectivity index (χ3n) is 7.98. The van der Waals surface area contributed by atoms with Crippen molar-refractivity contribution >= 4 is 11.8 Å². The van der Waals surface area contributed by atoms with Crippen LogP contribution in [0.15, 0.2) is 35.5 Å². The van der Waals surface area contributed by atoms with Crippen LogP contribution >= 0.6 is 0 Å². The first kappa shape index (κ1) is 19.1. The Morgan fingerprint density at radius 1 is 1.24 bits per heavy atom. The van der Waals surface area contributed by atoms with Crippen LogP contribution in [0.5, 0.6) is 0 Å². The number of esters is 1. The van der Waals surface area contributed by atoms with E-state index >= 15 is 0 Å². The summed E-state index contributed by atoms with van der Waals surface area (Å²) in [4.78, 5) is 22.1. The standard InChI is InChI=1S/C24H33N3O2/c1-17-6-5-8-24(2)15-21-18(14-20(17)24)19(23(28)29-21)16-26-10-12-27(13-11-26)22-7-3-4-9-25-22/h3-4,7,9,18-19,21H,5-6,8,10-16H2,1-2H3/t18-,19+,21-,24-/m1/s1. The lowest BCUT2D eigenvalue weighted by Gasteiger charge is -2.46. The number of ether oxygens (including phenoxy) is 1. The van der Waals surface area contributed by atoms with Crippen LogP contribution in [0.2, 0.25) is 0 Å². The van der Waals surface area contributed by atoms with Crippen LogP contribution in [0, 0.1) is 17.3 Å². The maximum Gasteiger partial charge on any atom is 0.310 e. The first-order chi connectivity index (χ1) is 14.0. The second-order valence-electron chi connectivity index (χ2n) is 9.80. The predicted octanol–water partition coefficient (Wildman–Crippen LogP) is 3.66.